The fraction of sp³-hybridized carbons (Fsp3) is 0.0667. The Hall–Kier alpha value is -1.74. The lowest BCUT2D eigenvalue weighted by Crippen LogP contribution is -1.97. The highest BCUT2D eigenvalue weighted by Crippen LogP contribution is 2.25. The molecule has 3 heteroatoms. The van der Waals surface area contributed by atoms with Crippen molar-refractivity contribution in [2.24, 2.45) is 0 Å². The molecule has 0 amide bonds. The summed E-state index contributed by atoms with van der Waals surface area (Å²) in [5.41, 5.74) is 2.38. The van der Waals surface area contributed by atoms with Gasteiger partial charge in [-0.15, -0.1) is 0 Å². The molecule has 0 atom stereocenters. The van der Waals surface area contributed by atoms with E-state index in [0.29, 0.717) is 5.75 Å². The quantitative estimate of drug-likeness (QED) is 0.755. The van der Waals surface area contributed by atoms with E-state index < -0.39 is 0 Å². The number of nitrogens with zero attached hydrogens (tertiary/aromatic N) is 1. The smallest absolute Gasteiger partial charge is 0.115 e. The van der Waals surface area contributed by atoms with E-state index in [4.69, 9.17) is 0 Å². The van der Waals surface area contributed by atoms with Crippen LogP contribution in [0, 0.1) is 0 Å². The van der Waals surface area contributed by atoms with Crippen LogP contribution < -0.4 is 0 Å². The molecule has 2 aromatic carbocycles. The fourth-order valence-electron chi connectivity index (χ4n) is 2.12. The van der Waals surface area contributed by atoms with Crippen LogP contribution in [0.1, 0.15) is 5.56 Å². The second-order valence-electron chi connectivity index (χ2n) is 4.28. The number of hydrogen-bond donors (Lipinski definition) is 1. The molecule has 0 aliphatic rings. The summed E-state index contributed by atoms with van der Waals surface area (Å²) >= 11 is 3.56. The topological polar surface area (TPSA) is 25.2 Å². The van der Waals surface area contributed by atoms with Crippen LogP contribution in [0.15, 0.2) is 59.2 Å². The van der Waals surface area contributed by atoms with Crippen molar-refractivity contribution in [2.75, 3.05) is 0 Å². The first-order chi connectivity index (χ1) is 8.74. The number of aromatic nitrogens is 1. The van der Waals surface area contributed by atoms with Crippen molar-refractivity contribution in [2.45, 2.75) is 6.54 Å². The number of phenolic OH excluding ortho intramolecular Hbond substituents is 1. The molecule has 0 saturated heterocycles. The first-order valence-corrected chi connectivity index (χ1v) is 6.54. The molecule has 0 spiro atoms. The Morgan fingerprint density at radius 2 is 1.78 bits per heavy atom. The van der Waals surface area contributed by atoms with Gasteiger partial charge in [0.1, 0.15) is 5.75 Å². The minimum atomic E-state index is 0.304. The Kier molecular flexibility index (Phi) is 2.84. The molecule has 3 rings (SSSR count). The zero-order chi connectivity index (χ0) is 12.5. The summed E-state index contributed by atoms with van der Waals surface area (Å²) in [4.78, 5) is 0. The standard InChI is InChI=1S/C15H12BrNO/c16-14-2-1-3-15-13(14)8-9-17(15)10-11-4-6-12(18)7-5-11/h1-9,18H,10H2. The van der Waals surface area contributed by atoms with Crippen molar-refractivity contribution in [1.29, 1.82) is 0 Å². The van der Waals surface area contributed by atoms with Crippen LogP contribution in [0.5, 0.6) is 5.75 Å². The predicted molar refractivity (Wildman–Crippen MR) is 76.8 cm³/mol. The van der Waals surface area contributed by atoms with Gasteiger partial charge in [-0.3, -0.25) is 0 Å². The Labute approximate surface area is 114 Å². The zero-order valence-corrected chi connectivity index (χ0v) is 11.3. The molecular weight excluding hydrogens is 290 g/mol. The van der Waals surface area contributed by atoms with Gasteiger partial charge < -0.3 is 9.67 Å². The van der Waals surface area contributed by atoms with Crippen molar-refractivity contribution in [1.82, 2.24) is 4.57 Å². The maximum Gasteiger partial charge on any atom is 0.115 e. The molecule has 1 aromatic heterocycles. The van der Waals surface area contributed by atoms with E-state index in [9.17, 15) is 5.11 Å². The molecule has 18 heavy (non-hydrogen) atoms. The van der Waals surface area contributed by atoms with Crippen molar-refractivity contribution in [3.05, 3.63) is 64.8 Å². The van der Waals surface area contributed by atoms with Crippen LogP contribution in [-0.2, 0) is 6.54 Å². The van der Waals surface area contributed by atoms with Gasteiger partial charge in [-0.05, 0) is 35.9 Å². The molecule has 0 saturated carbocycles. The summed E-state index contributed by atoms with van der Waals surface area (Å²) in [6.45, 7) is 0.806. The lowest BCUT2D eigenvalue weighted by atomic mass is 10.2. The fourth-order valence-corrected chi connectivity index (χ4v) is 2.61. The number of fused-ring (bicyclic) bond motifs is 1. The maximum absolute atomic E-state index is 9.28. The Morgan fingerprint density at radius 3 is 2.56 bits per heavy atom. The molecule has 2 nitrogen and oxygen atoms in total. The minimum Gasteiger partial charge on any atom is -0.508 e. The first-order valence-electron chi connectivity index (χ1n) is 5.75. The lowest BCUT2D eigenvalue weighted by molar-refractivity contribution is 0.475. The van der Waals surface area contributed by atoms with Crippen LogP contribution in [-0.4, -0.2) is 9.67 Å². The molecule has 0 radical (unpaired) electrons. The predicted octanol–water partition coefficient (Wildman–Crippen LogP) is 4.16. The van der Waals surface area contributed by atoms with Crippen LogP contribution in [0.25, 0.3) is 10.9 Å². The second-order valence-corrected chi connectivity index (χ2v) is 5.14. The average molecular weight is 302 g/mol. The van der Waals surface area contributed by atoms with E-state index in [1.165, 1.54) is 16.5 Å². The van der Waals surface area contributed by atoms with Crippen molar-refractivity contribution >= 4 is 26.8 Å². The summed E-state index contributed by atoms with van der Waals surface area (Å²) in [5.74, 6) is 0.304. The van der Waals surface area contributed by atoms with Crippen molar-refractivity contribution in [3.8, 4) is 5.75 Å². The van der Waals surface area contributed by atoms with Gasteiger partial charge in [0.2, 0.25) is 0 Å². The van der Waals surface area contributed by atoms with Gasteiger partial charge in [-0.1, -0.05) is 34.1 Å². The van der Waals surface area contributed by atoms with Crippen LogP contribution in [0.3, 0.4) is 0 Å². The van der Waals surface area contributed by atoms with E-state index in [2.05, 4.69) is 38.8 Å². The van der Waals surface area contributed by atoms with Crippen LogP contribution in [0.2, 0.25) is 0 Å². The normalized spacial score (nSPS) is 10.9. The highest BCUT2D eigenvalue weighted by Gasteiger charge is 2.04. The molecule has 0 bridgehead atoms. The summed E-state index contributed by atoms with van der Waals surface area (Å²) < 4.78 is 3.32. The highest BCUT2D eigenvalue weighted by molar-refractivity contribution is 9.10. The molecule has 1 N–H and O–H groups in total. The number of halogens is 1. The third kappa shape index (κ3) is 2.02. The largest absolute Gasteiger partial charge is 0.508 e. The maximum atomic E-state index is 9.28. The third-order valence-corrected chi connectivity index (χ3v) is 3.74. The van der Waals surface area contributed by atoms with Gasteiger partial charge in [-0.25, -0.2) is 0 Å². The Bertz CT molecular complexity index is 685. The first kappa shape index (κ1) is 11.4. The van der Waals surface area contributed by atoms with Gasteiger partial charge in [0, 0.05) is 28.1 Å². The van der Waals surface area contributed by atoms with Gasteiger partial charge in [0.05, 0.1) is 0 Å². The number of benzene rings is 2. The number of hydrogen-bond acceptors (Lipinski definition) is 1. The summed E-state index contributed by atoms with van der Waals surface area (Å²) in [7, 11) is 0. The lowest BCUT2D eigenvalue weighted by Gasteiger charge is -2.06. The van der Waals surface area contributed by atoms with E-state index in [1.54, 1.807) is 12.1 Å². The summed E-state index contributed by atoms with van der Waals surface area (Å²) in [5, 5.41) is 10.5. The second kappa shape index (κ2) is 4.50. The monoisotopic (exact) mass is 301 g/mol. The molecule has 1 heterocycles. The van der Waals surface area contributed by atoms with E-state index in [0.717, 1.165) is 11.0 Å². The molecule has 3 aromatic rings. The molecular formula is C15H12BrNO. The van der Waals surface area contributed by atoms with Crippen molar-refractivity contribution in [3.63, 3.8) is 0 Å². The van der Waals surface area contributed by atoms with Gasteiger partial charge in [0.25, 0.3) is 0 Å². The SMILES string of the molecule is Oc1ccc(Cn2ccc3c(Br)cccc32)cc1. The molecule has 0 aliphatic carbocycles. The number of aromatic hydroxyl groups is 1. The zero-order valence-electron chi connectivity index (χ0n) is 9.68. The molecule has 0 fully saturated rings. The summed E-state index contributed by atoms with van der Waals surface area (Å²) in [6.07, 6.45) is 2.09. The summed E-state index contributed by atoms with van der Waals surface area (Å²) in [6, 6.07) is 15.6. The Balaban J connectivity index is 2.00. The molecule has 0 aliphatic heterocycles. The number of rotatable bonds is 2. The van der Waals surface area contributed by atoms with Gasteiger partial charge >= 0.3 is 0 Å². The van der Waals surface area contributed by atoms with Gasteiger partial charge in [0.15, 0.2) is 0 Å². The minimum absolute atomic E-state index is 0.304. The van der Waals surface area contributed by atoms with E-state index >= 15 is 0 Å². The van der Waals surface area contributed by atoms with E-state index in [-0.39, 0.29) is 0 Å². The van der Waals surface area contributed by atoms with Crippen LogP contribution in [0.4, 0.5) is 0 Å². The molecule has 90 valence electrons. The Morgan fingerprint density at radius 1 is 1.00 bits per heavy atom. The van der Waals surface area contributed by atoms with Gasteiger partial charge in [-0.2, -0.15) is 0 Å². The van der Waals surface area contributed by atoms with Crippen molar-refractivity contribution < 1.29 is 5.11 Å². The molecule has 0 unspecified atom stereocenters. The average Bonchev–Trinajstić information content (AvgIpc) is 2.77. The highest BCUT2D eigenvalue weighted by atomic mass is 79.9. The third-order valence-electron chi connectivity index (χ3n) is 3.05. The number of phenols is 1. The van der Waals surface area contributed by atoms with Crippen LogP contribution >= 0.6 is 15.9 Å². The van der Waals surface area contributed by atoms with E-state index in [1.807, 2.05) is 24.3 Å².